The van der Waals surface area contributed by atoms with Crippen LogP contribution in [-0.2, 0) is 9.59 Å². The van der Waals surface area contributed by atoms with Crippen LogP contribution in [0, 0.1) is 17.8 Å². The lowest BCUT2D eigenvalue weighted by Gasteiger charge is -2.56. The fourth-order valence-electron chi connectivity index (χ4n) is 4.80. The highest BCUT2D eigenvalue weighted by molar-refractivity contribution is 6.35. The summed E-state index contributed by atoms with van der Waals surface area (Å²) in [4.78, 5) is 23.4. The number of carbonyl (C=O) groups excluding carboxylic acids is 2. The van der Waals surface area contributed by atoms with E-state index >= 15 is 0 Å². The second-order valence-corrected chi connectivity index (χ2v) is 6.51. The number of likely N-dealkylation sites (N-methyl/N-ethyl adjacent to an activating group) is 1. The summed E-state index contributed by atoms with van der Waals surface area (Å²) < 4.78 is 0. The maximum atomic E-state index is 11.9. The first-order chi connectivity index (χ1) is 8.60. The molecule has 0 aromatic heterocycles. The number of hydrogen-bond donors (Lipinski definition) is 2. The van der Waals surface area contributed by atoms with Gasteiger partial charge in [-0.25, -0.2) is 0 Å². The molecule has 4 nitrogen and oxygen atoms in total. The first kappa shape index (κ1) is 12.0. The van der Waals surface area contributed by atoms with Crippen LogP contribution in [0.1, 0.15) is 45.4 Å². The third kappa shape index (κ3) is 2.02. The van der Waals surface area contributed by atoms with Gasteiger partial charge in [-0.2, -0.15) is 0 Å². The first-order valence-corrected chi connectivity index (χ1v) is 7.20. The molecule has 2 amide bonds. The SMILES string of the molecule is CCNC(=O)C(=O)NC12CC3CC(CC(C3)C1)C2. The van der Waals surface area contributed by atoms with Gasteiger partial charge in [-0.3, -0.25) is 9.59 Å². The standard InChI is InChI=1S/C14H22N2O2/c1-2-15-12(17)13(18)16-14-6-9-3-10(7-14)5-11(4-9)8-14/h9-11H,2-8H2,1H3,(H,15,17)(H,16,18). The van der Waals surface area contributed by atoms with Crippen molar-refractivity contribution >= 4 is 11.8 Å². The molecule has 0 atom stereocenters. The largest absolute Gasteiger partial charge is 0.348 e. The number of amides is 2. The van der Waals surface area contributed by atoms with Gasteiger partial charge in [-0.05, 0) is 63.2 Å². The third-order valence-electron chi connectivity index (χ3n) is 4.96. The molecule has 100 valence electrons. The second-order valence-electron chi connectivity index (χ2n) is 6.51. The van der Waals surface area contributed by atoms with E-state index in [1.54, 1.807) is 0 Å². The minimum absolute atomic E-state index is 0.0586. The number of hydrogen-bond acceptors (Lipinski definition) is 2. The predicted molar refractivity (Wildman–Crippen MR) is 67.7 cm³/mol. The molecule has 4 heteroatoms. The van der Waals surface area contributed by atoms with Crippen LogP contribution in [0.15, 0.2) is 0 Å². The average Bonchev–Trinajstić information content (AvgIpc) is 2.26. The highest BCUT2D eigenvalue weighted by Gasteiger charge is 2.51. The molecule has 0 spiro atoms. The van der Waals surface area contributed by atoms with Crippen molar-refractivity contribution in [3.8, 4) is 0 Å². The van der Waals surface area contributed by atoms with Gasteiger partial charge in [0.1, 0.15) is 0 Å². The molecule has 0 saturated heterocycles. The maximum Gasteiger partial charge on any atom is 0.309 e. The van der Waals surface area contributed by atoms with Gasteiger partial charge < -0.3 is 10.6 Å². The quantitative estimate of drug-likeness (QED) is 0.724. The van der Waals surface area contributed by atoms with Crippen LogP contribution in [0.5, 0.6) is 0 Å². The van der Waals surface area contributed by atoms with Gasteiger partial charge in [0.05, 0.1) is 0 Å². The Hall–Kier alpha value is -1.06. The summed E-state index contributed by atoms with van der Waals surface area (Å²) in [6.45, 7) is 2.34. The Morgan fingerprint density at radius 2 is 1.50 bits per heavy atom. The molecule has 4 aliphatic carbocycles. The lowest BCUT2D eigenvalue weighted by molar-refractivity contribution is -0.142. The van der Waals surface area contributed by atoms with Gasteiger partial charge in [-0.15, -0.1) is 0 Å². The molecular formula is C14H22N2O2. The van der Waals surface area contributed by atoms with Crippen LogP contribution in [0.25, 0.3) is 0 Å². The monoisotopic (exact) mass is 250 g/mol. The van der Waals surface area contributed by atoms with Gasteiger partial charge in [0.15, 0.2) is 0 Å². The molecule has 2 N–H and O–H groups in total. The van der Waals surface area contributed by atoms with Crippen LogP contribution < -0.4 is 10.6 Å². The van der Waals surface area contributed by atoms with E-state index < -0.39 is 11.8 Å². The van der Waals surface area contributed by atoms with Crippen molar-refractivity contribution in [2.75, 3.05) is 6.54 Å². The summed E-state index contributed by atoms with van der Waals surface area (Å²) in [5.74, 6) is 1.44. The lowest BCUT2D eigenvalue weighted by Crippen LogP contribution is -2.61. The smallest absolute Gasteiger partial charge is 0.309 e. The van der Waals surface area contributed by atoms with Crippen LogP contribution in [0.3, 0.4) is 0 Å². The fraction of sp³-hybridized carbons (Fsp3) is 0.857. The molecule has 0 aliphatic heterocycles. The van der Waals surface area contributed by atoms with Crippen LogP contribution in [-0.4, -0.2) is 23.9 Å². The number of nitrogens with one attached hydrogen (secondary N) is 2. The topological polar surface area (TPSA) is 58.2 Å². The Labute approximate surface area is 108 Å². The number of rotatable bonds is 2. The van der Waals surface area contributed by atoms with Crippen molar-refractivity contribution in [3.63, 3.8) is 0 Å². The predicted octanol–water partition coefficient (Wildman–Crippen LogP) is 1.21. The third-order valence-corrected chi connectivity index (χ3v) is 4.96. The normalized spacial score (nSPS) is 40.6. The van der Waals surface area contributed by atoms with Gasteiger partial charge in [0.25, 0.3) is 0 Å². The van der Waals surface area contributed by atoms with Gasteiger partial charge in [0, 0.05) is 12.1 Å². The van der Waals surface area contributed by atoms with Crippen molar-refractivity contribution in [2.45, 2.75) is 51.0 Å². The molecular weight excluding hydrogens is 228 g/mol. The Morgan fingerprint density at radius 3 is 1.94 bits per heavy atom. The Morgan fingerprint density at radius 1 is 1.00 bits per heavy atom. The zero-order valence-corrected chi connectivity index (χ0v) is 11.0. The second kappa shape index (κ2) is 4.25. The molecule has 4 bridgehead atoms. The minimum Gasteiger partial charge on any atom is -0.348 e. The molecule has 4 rings (SSSR count). The average molecular weight is 250 g/mol. The molecule has 4 saturated carbocycles. The van der Waals surface area contributed by atoms with Crippen molar-refractivity contribution in [2.24, 2.45) is 17.8 Å². The van der Waals surface area contributed by atoms with E-state index in [9.17, 15) is 9.59 Å². The molecule has 0 unspecified atom stereocenters. The van der Waals surface area contributed by atoms with Crippen LogP contribution in [0.4, 0.5) is 0 Å². The summed E-state index contributed by atoms with van der Waals surface area (Å²) >= 11 is 0. The highest BCUT2D eigenvalue weighted by Crippen LogP contribution is 2.55. The summed E-state index contributed by atoms with van der Waals surface area (Å²) in [6.07, 6.45) is 7.29. The molecule has 0 aromatic carbocycles. The molecule has 4 fully saturated rings. The van der Waals surface area contributed by atoms with Gasteiger partial charge in [-0.1, -0.05) is 0 Å². The van der Waals surface area contributed by atoms with E-state index in [2.05, 4.69) is 10.6 Å². The highest BCUT2D eigenvalue weighted by atomic mass is 16.2. The lowest BCUT2D eigenvalue weighted by atomic mass is 9.53. The van der Waals surface area contributed by atoms with Crippen LogP contribution in [0.2, 0.25) is 0 Å². The molecule has 0 radical (unpaired) electrons. The van der Waals surface area contributed by atoms with Crippen molar-refractivity contribution in [1.29, 1.82) is 0 Å². The fourth-order valence-corrected chi connectivity index (χ4v) is 4.80. The Balaban J connectivity index is 1.68. The van der Waals surface area contributed by atoms with E-state index in [1.165, 1.54) is 19.3 Å². The van der Waals surface area contributed by atoms with E-state index in [0.717, 1.165) is 37.0 Å². The van der Waals surface area contributed by atoms with Crippen molar-refractivity contribution in [3.05, 3.63) is 0 Å². The van der Waals surface area contributed by atoms with Gasteiger partial charge >= 0.3 is 11.8 Å². The van der Waals surface area contributed by atoms with Crippen molar-refractivity contribution < 1.29 is 9.59 Å². The summed E-state index contributed by atoms with van der Waals surface area (Å²) in [7, 11) is 0. The number of carbonyl (C=O) groups is 2. The van der Waals surface area contributed by atoms with Crippen molar-refractivity contribution in [1.82, 2.24) is 10.6 Å². The summed E-state index contributed by atoms with van der Waals surface area (Å²) in [5, 5.41) is 5.64. The summed E-state index contributed by atoms with van der Waals surface area (Å²) in [6, 6.07) is 0. The van der Waals surface area contributed by atoms with E-state index in [4.69, 9.17) is 0 Å². The zero-order valence-electron chi connectivity index (χ0n) is 11.0. The molecule has 0 heterocycles. The van der Waals surface area contributed by atoms with E-state index in [-0.39, 0.29) is 5.54 Å². The minimum atomic E-state index is -0.478. The molecule has 4 aliphatic rings. The Kier molecular flexibility index (Phi) is 2.83. The van der Waals surface area contributed by atoms with Gasteiger partial charge in [0.2, 0.25) is 0 Å². The zero-order chi connectivity index (χ0) is 12.8. The van der Waals surface area contributed by atoms with E-state index in [0.29, 0.717) is 6.54 Å². The Bertz CT molecular complexity index is 343. The molecule has 0 aromatic rings. The van der Waals surface area contributed by atoms with Crippen LogP contribution >= 0.6 is 0 Å². The maximum absolute atomic E-state index is 11.9. The summed E-state index contributed by atoms with van der Waals surface area (Å²) in [5.41, 5.74) is -0.0586. The van der Waals surface area contributed by atoms with E-state index in [1.807, 2.05) is 6.92 Å². The molecule has 18 heavy (non-hydrogen) atoms. The first-order valence-electron chi connectivity index (χ1n) is 7.20.